The van der Waals surface area contributed by atoms with E-state index in [1.54, 1.807) is 0 Å². The summed E-state index contributed by atoms with van der Waals surface area (Å²) in [7, 11) is 0. The van der Waals surface area contributed by atoms with Gasteiger partial charge in [-0.05, 0) is 44.7 Å². The normalized spacial score (nSPS) is 36.0. The summed E-state index contributed by atoms with van der Waals surface area (Å²) >= 11 is 0. The second kappa shape index (κ2) is 9.46. The van der Waals surface area contributed by atoms with Crippen LogP contribution in [0.25, 0.3) is 0 Å². The third kappa shape index (κ3) is 5.29. The van der Waals surface area contributed by atoms with Crippen molar-refractivity contribution >= 4 is 0 Å². The van der Waals surface area contributed by atoms with E-state index >= 15 is 0 Å². The lowest BCUT2D eigenvalue weighted by molar-refractivity contribution is 0.246. The molecular weight excluding hydrogens is 334 g/mol. The average molecular weight is 372 g/mol. The maximum atomic E-state index is 4.91. The number of nitrogens with one attached hydrogen (secondary N) is 4. The highest BCUT2D eigenvalue weighted by Crippen LogP contribution is 2.21. The molecule has 0 radical (unpaired) electrons. The first-order chi connectivity index (χ1) is 13.3. The predicted molar refractivity (Wildman–Crippen MR) is 111 cm³/mol. The molecule has 1 aromatic heterocycles. The minimum atomic E-state index is 0.504. The van der Waals surface area contributed by atoms with Crippen molar-refractivity contribution in [3.8, 4) is 0 Å². The number of pyridine rings is 1. The van der Waals surface area contributed by atoms with Gasteiger partial charge in [0.1, 0.15) is 0 Å². The van der Waals surface area contributed by atoms with Gasteiger partial charge in [0, 0.05) is 49.8 Å². The summed E-state index contributed by atoms with van der Waals surface area (Å²) in [4.78, 5) is 4.91. The van der Waals surface area contributed by atoms with Gasteiger partial charge in [0.15, 0.2) is 0 Å². The quantitative estimate of drug-likeness (QED) is 0.564. The van der Waals surface area contributed by atoms with E-state index in [0.29, 0.717) is 30.2 Å². The minimum Gasteiger partial charge on any atom is -0.311 e. The van der Waals surface area contributed by atoms with E-state index in [-0.39, 0.29) is 0 Å². The van der Waals surface area contributed by atoms with Crippen LogP contribution in [0.3, 0.4) is 0 Å². The Kier molecular flexibility index (Phi) is 6.77. The molecule has 0 aromatic carbocycles. The second-order valence-electron chi connectivity index (χ2n) is 8.85. The van der Waals surface area contributed by atoms with Crippen LogP contribution in [-0.4, -0.2) is 41.7 Å². The van der Waals surface area contributed by atoms with Gasteiger partial charge in [0.05, 0.1) is 11.4 Å². The van der Waals surface area contributed by atoms with Crippen molar-refractivity contribution in [2.45, 2.75) is 102 Å². The van der Waals surface area contributed by atoms with Gasteiger partial charge >= 0.3 is 0 Å². The van der Waals surface area contributed by atoms with E-state index in [1.807, 2.05) is 0 Å². The molecule has 0 amide bonds. The Morgan fingerprint density at radius 1 is 0.741 bits per heavy atom. The van der Waals surface area contributed by atoms with Gasteiger partial charge in [-0.1, -0.05) is 31.7 Å². The zero-order valence-corrected chi connectivity index (χ0v) is 16.8. The highest BCUT2D eigenvalue weighted by Gasteiger charge is 2.28. The summed E-state index contributed by atoms with van der Waals surface area (Å²) in [6.45, 7) is 5.14. The van der Waals surface area contributed by atoms with Crippen molar-refractivity contribution in [3.05, 3.63) is 29.6 Å². The minimum absolute atomic E-state index is 0.504. The molecule has 2 fully saturated rings. The Hall–Kier alpha value is -1.01. The molecule has 1 aliphatic heterocycles. The fourth-order valence-electron chi connectivity index (χ4n) is 5.14. The Morgan fingerprint density at radius 2 is 1.26 bits per heavy atom. The van der Waals surface area contributed by atoms with Gasteiger partial charge in [-0.25, -0.2) is 0 Å². The Morgan fingerprint density at radius 3 is 1.89 bits per heavy atom. The molecule has 2 aliphatic carbocycles. The summed E-state index contributed by atoms with van der Waals surface area (Å²) in [5, 5.41) is 15.4. The first-order valence-corrected chi connectivity index (χ1v) is 11.2. The SMILES string of the molecule is C[C@@H]1CNC2CCCC[C@H]2NCc2cccc(n2)CN[C@@H]2CCCC[C@H]2N1. The van der Waals surface area contributed by atoms with Crippen LogP contribution >= 0.6 is 0 Å². The molecule has 5 nitrogen and oxygen atoms in total. The molecule has 27 heavy (non-hydrogen) atoms. The molecule has 5 heteroatoms. The topological polar surface area (TPSA) is 61.0 Å². The third-order valence-corrected chi connectivity index (χ3v) is 6.67. The van der Waals surface area contributed by atoms with Crippen molar-refractivity contribution in [1.29, 1.82) is 0 Å². The highest BCUT2D eigenvalue weighted by atomic mass is 15.1. The molecule has 2 bridgehead atoms. The number of hydrogen-bond acceptors (Lipinski definition) is 5. The molecule has 150 valence electrons. The van der Waals surface area contributed by atoms with Gasteiger partial charge in [-0.3, -0.25) is 4.98 Å². The Bertz CT molecular complexity index is 592. The summed E-state index contributed by atoms with van der Waals surface area (Å²) in [5.74, 6) is 0. The van der Waals surface area contributed by atoms with Crippen LogP contribution < -0.4 is 21.3 Å². The Labute approximate surface area is 164 Å². The molecule has 1 unspecified atom stereocenters. The highest BCUT2D eigenvalue weighted by molar-refractivity contribution is 5.12. The summed E-state index contributed by atoms with van der Waals surface area (Å²) < 4.78 is 0. The van der Waals surface area contributed by atoms with Crippen LogP contribution in [0, 0.1) is 0 Å². The number of fused-ring (bicyclic) bond motifs is 4. The van der Waals surface area contributed by atoms with Gasteiger partial charge in [0.2, 0.25) is 0 Å². The summed E-state index contributed by atoms with van der Waals surface area (Å²) in [6.07, 6.45) is 10.5. The van der Waals surface area contributed by atoms with E-state index in [1.165, 1.54) is 62.8 Å². The van der Waals surface area contributed by atoms with Crippen LogP contribution in [0.4, 0.5) is 0 Å². The lowest BCUT2D eigenvalue weighted by Gasteiger charge is -2.37. The van der Waals surface area contributed by atoms with Crippen molar-refractivity contribution in [2.75, 3.05) is 6.54 Å². The third-order valence-electron chi connectivity index (χ3n) is 6.67. The summed E-state index contributed by atoms with van der Waals surface area (Å²) in [5.41, 5.74) is 2.33. The monoisotopic (exact) mass is 371 g/mol. The van der Waals surface area contributed by atoms with E-state index in [2.05, 4.69) is 46.4 Å². The van der Waals surface area contributed by atoms with Crippen LogP contribution in [-0.2, 0) is 13.1 Å². The van der Waals surface area contributed by atoms with Crippen LogP contribution in [0.5, 0.6) is 0 Å². The maximum Gasteiger partial charge on any atom is 0.0545 e. The lowest BCUT2D eigenvalue weighted by atomic mass is 9.89. The molecule has 1 aromatic rings. The van der Waals surface area contributed by atoms with Gasteiger partial charge in [0.25, 0.3) is 0 Å². The largest absolute Gasteiger partial charge is 0.311 e. The van der Waals surface area contributed by atoms with Crippen LogP contribution in [0.1, 0.15) is 69.7 Å². The Balaban J connectivity index is 1.50. The average Bonchev–Trinajstić information content (AvgIpc) is 2.71. The van der Waals surface area contributed by atoms with Gasteiger partial charge in [-0.2, -0.15) is 0 Å². The molecular formula is C22H37N5. The number of rotatable bonds is 0. The van der Waals surface area contributed by atoms with Crippen molar-refractivity contribution < 1.29 is 0 Å². The summed E-state index contributed by atoms with van der Waals surface area (Å²) in [6, 6.07) is 9.25. The first kappa shape index (κ1) is 19.3. The van der Waals surface area contributed by atoms with Crippen molar-refractivity contribution in [3.63, 3.8) is 0 Å². The van der Waals surface area contributed by atoms with E-state index in [9.17, 15) is 0 Å². The van der Waals surface area contributed by atoms with Crippen molar-refractivity contribution in [2.24, 2.45) is 0 Å². The molecule has 2 saturated carbocycles. The molecule has 0 spiro atoms. The van der Waals surface area contributed by atoms with Crippen molar-refractivity contribution in [1.82, 2.24) is 26.3 Å². The predicted octanol–water partition coefficient (Wildman–Crippen LogP) is 2.46. The molecule has 3 aliphatic rings. The first-order valence-electron chi connectivity index (χ1n) is 11.2. The van der Waals surface area contributed by atoms with Crippen LogP contribution in [0.2, 0.25) is 0 Å². The zero-order chi connectivity index (χ0) is 18.5. The molecule has 4 N–H and O–H groups in total. The second-order valence-corrected chi connectivity index (χ2v) is 8.85. The zero-order valence-electron chi connectivity index (χ0n) is 16.8. The smallest absolute Gasteiger partial charge is 0.0545 e. The molecule has 4 rings (SSSR count). The van der Waals surface area contributed by atoms with E-state index in [0.717, 1.165) is 19.6 Å². The van der Waals surface area contributed by atoms with E-state index in [4.69, 9.17) is 4.98 Å². The number of hydrogen-bond donors (Lipinski definition) is 4. The number of aromatic nitrogens is 1. The fourth-order valence-corrected chi connectivity index (χ4v) is 5.14. The van der Waals surface area contributed by atoms with E-state index < -0.39 is 0 Å². The fraction of sp³-hybridized carbons (Fsp3) is 0.773. The standard InChI is InChI=1S/C22H37N5/c1-16-13-23-19-9-2-3-10-20(19)24-14-17-7-6-8-18(27-17)15-25-21-11-4-5-12-22(21)26-16/h6-8,16,19-26H,2-5,9-15H2,1H3/t16-,19?,20-,21-,22-/m1/s1. The van der Waals surface area contributed by atoms with Gasteiger partial charge in [-0.15, -0.1) is 0 Å². The number of nitrogens with zero attached hydrogens (tertiary/aromatic N) is 1. The maximum absolute atomic E-state index is 4.91. The lowest BCUT2D eigenvalue weighted by Crippen LogP contribution is -2.56. The molecule has 5 atom stereocenters. The van der Waals surface area contributed by atoms with Crippen LogP contribution in [0.15, 0.2) is 18.2 Å². The molecule has 2 heterocycles. The molecule has 0 saturated heterocycles. The van der Waals surface area contributed by atoms with Gasteiger partial charge < -0.3 is 21.3 Å².